The van der Waals surface area contributed by atoms with Gasteiger partial charge >= 0.3 is 0 Å². The van der Waals surface area contributed by atoms with Gasteiger partial charge in [-0.3, -0.25) is 9.59 Å². The Labute approximate surface area is 195 Å². The van der Waals surface area contributed by atoms with E-state index in [1.54, 1.807) is 6.07 Å². The van der Waals surface area contributed by atoms with E-state index >= 15 is 0 Å². The maximum absolute atomic E-state index is 14.6. The van der Waals surface area contributed by atoms with E-state index in [2.05, 4.69) is 31.2 Å². The Morgan fingerprint density at radius 1 is 0.909 bits per heavy atom. The van der Waals surface area contributed by atoms with E-state index in [9.17, 15) is 14.0 Å². The molecule has 0 unspecified atom stereocenters. The summed E-state index contributed by atoms with van der Waals surface area (Å²) in [5.74, 6) is 0.0982. The molecule has 2 aromatic carbocycles. The summed E-state index contributed by atoms with van der Waals surface area (Å²) in [6, 6.07) is 13.2. The van der Waals surface area contributed by atoms with Crippen molar-refractivity contribution in [3.8, 4) is 16.9 Å². The van der Waals surface area contributed by atoms with Gasteiger partial charge in [-0.25, -0.2) is 9.29 Å². The van der Waals surface area contributed by atoms with E-state index in [0.29, 0.717) is 5.92 Å². The van der Waals surface area contributed by atoms with E-state index in [-0.39, 0.29) is 12.5 Å². The van der Waals surface area contributed by atoms with Crippen molar-refractivity contribution in [2.24, 2.45) is 5.92 Å². The Balaban J connectivity index is 1.33. The number of hydrogen-bond donors (Lipinski definition) is 0. The molecule has 33 heavy (non-hydrogen) atoms. The van der Waals surface area contributed by atoms with Gasteiger partial charge in [-0.15, -0.1) is 0 Å². The van der Waals surface area contributed by atoms with Gasteiger partial charge in [0.1, 0.15) is 0 Å². The van der Waals surface area contributed by atoms with Gasteiger partial charge in [-0.2, -0.15) is 0 Å². The van der Waals surface area contributed by atoms with Crippen LogP contribution in [0.25, 0.3) is 11.1 Å². The Morgan fingerprint density at radius 3 is 2.21 bits per heavy atom. The number of imide groups is 1. The van der Waals surface area contributed by atoms with E-state index in [0.717, 1.165) is 21.9 Å². The Hall–Kier alpha value is -2.95. The largest absolute Gasteiger partial charge is 0.469 e. The highest BCUT2D eigenvalue weighted by Gasteiger charge is 2.24. The minimum absolute atomic E-state index is 0.0126. The fraction of sp³-hybridized carbons (Fsp3) is 0.429. The summed E-state index contributed by atoms with van der Waals surface area (Å²) >= 11 is 0. The molecule has 0 bridgehead atoms. The minimum Gasteiger partial charge on any atom is -0.469 e. The molecule has 0 N–H and O–H groups in total. The van der Waals surface area contributed by atoms with Crippen molar-refractivity contribution < 1.29 is 18.7 Å². The number of unbranched alkanes of at least 4 members (excludes halogenated alkanes) is 2. The van der Waals surface area contributed by atoms with Crippen molar-refractivity contribution in [1.82, 2.24) is 4.90 Å². The lowest BCUT2D eigenvalue weighted by atomic mass is 9.77. The molecule has 0 spiro atoms. The van der Waals surface area contributed by atoms with Crippen LogP contribution in [0.1, 0.15) is 69.8 Å². The molecule has 2 aromatic rings. The zero-order valence-corrected chi connectivity index (χ0v) is 19.3. The number of nitrogens with zero attached hydrogens (tertiary/aromatic N) is 1. The SMILES string of the molecule is CCCCCC1CCC(c2ccc(-c3ccc(OCN4C(=O)C=CC4=O)c(F)c3)cc2)CC1. The highest BCUT2D eigenvalue weighted by atomic mass is 19.1. The molecule has 5 heteroatoms. The van der Waals surface area contributed by atoms with E-state index in [1.165, 1.54) is 81.2 Å². The van der Waals surface area contributed by atoms with E-state index in [4.69, 9.17) is 4.74 Å². The van der Waals surface area contributed by atoms with E-state index < -0.39 is 17.6 Å². The maximum Gasteiger partial charge on any atom is 0.256 e. The van der Waals surface area contributed by atoms with Gasteiger partial charge in [0.15, 0.2) is 18.3 Å². The van der Waals surface area contributed by atoms with Crippen molar-refractivity contribution in [1.29, 1.82) is 0 Å². The summed E-state index contributed by atoms with van der Waals surface area (Å²) < 4.78 is 20.0. The number of rotatable bonds is 9. The highest BCUT2D eigenvalue weighted by molar-refractivity contribution is 6.12. The van der Waals surface area contributed by atoms with Gasteiger partial charge in [-0.05, 0) is 66.3 Å². The van der Waals surface area contributed by atoms with Crippen molar-refractivity contribution in [3.63, 3.8) is 0 Å². The molecule has 0 aromatic heterocycles. The number of carbonyl (C=O) groups excluding carboxylic acids is 2. The second-order valence-electron chi connectivity index (χ2n) is 9.19. The van der Waals surface area contributed by atoms with E-state index in [1.807, 2.05) is 0 Å². The molecule has 4 rings (SSSR count). The van der Waals surface area contributed by atoms with Crippen LogP contribution in [0.2, 0.25) is 0 Å². The van der Waals surface area contributed by atoms with Gasteiger partial charge in [0.25, 0.3) is 11.8 Å². The normalized spacial score (nSPS) is 20.5. The zero-order valence-electron chi connectivity index (χ0n) is 19.3. The van der Waals surface area contributed by atoms with Crippen LogP contribution in [-0.2, 0) is 9.59 Å². The maximum atomic E-state index is 14.6. The number of halogens is 1. The molecule has 0 radical (unpaired) electrons. The Bertz CT molecular complexity index is 988. The number of ether oxygens (including phenoxy) is 1. The molecule has 4 nitrogen and oxygen atoms in total. The Morgan fingerprint density at radius 2 is 1.58 bits per heavy atom. The first-order valence-corrected chi connectivity index (χ1v) is 12.1. The monoisotopic (exact) mass is 449 g/mol. The Kier molecular flexibility index (Phi) is 7.58. The number of benzene rings is 2. The number of carbonyl (C=O) groups is 2. The van der Waals surface area contributed by atoms with Crippen molar-refractivity contribution in [2.45, 2.75) is 64.2 Å². The molecular formula is C28H32FNO3. The summed E-state index contributed by atoms with van der Waals surface area (Å²) in [6.07, 6.45) is 12.9. The van der Waals surface area contributed by atoms with Gasteiger partial charge in [-0.1, -0.05) is 62.9 Å². The third-order valence-electron chi connectivity index (χ3n) is 6.96. The molecule has 1 saturated carbocycles. The van der Waals surface area contributed by atoms with Crippen LogP contribution < -0.4 is 4.74 Å². The fourth-order valence-corrected chi connectivity index (χ4v) is 4.91. The minimum atomic E-state index is -0.523. The van der Waals surface area contributed by atoms with Crippen molar-refractivity contribution >= 4 is 11.8 Å². The van der Waals surface area contributed by atoms with Crippen molar-refractivity contribution in [2.75, 3.05) is 6.73 Å². The highest BCUT2D eigenvalue weighted by Crippen LogP contribution is 2.38. The first-order valence-electron chi connectivity index (χ1n) is 12.1. The predicted molar refractivity (Wildman–Crippen MR) is 127 cm³/mol. The van der Waals surface area contributed by atoms with Crippen LogP contribution in [0.3, 0.4) is 0 Å². The lowest BCUT2D eigenvalue weighted by molar-refractivity contribution is -0.140. The predicted octanol–water partition coefficient (Wildman–Crippen LogP) is 6.61. The third kappa shape index (κ3) is 5.70. The van der Waals surface area contributed by atoms with Crippen LogP contribution in [0, 0.1) is 11.7 Å². The van der Waals surface area contributed by atoms with Crippen LogP contribution in [-0.4, -0.2) is 23.4 Å². The lowest BCUT2D eigenvalue weighted by Crippen LogP contribution is -2.33. The van der Waals surface area contributed by atoms with Crippen molar-refractivity contribution in [3.05, 3.63) is 66.0 Å². The molecule has 1 aliphatic heterocycles. The summed E-state index contributed by atoms with van der Waals surface area (Å²) in [7, 11) is 0. The van der Waals surface area contributed by atoms with Crippen LogP contribution in [0.4, 0.5) is 4.39 Å². The standard InChI is InChI=1S/C28H32FNO3/c1-2-3-4-5-20-6-8-21(9-7-20)22-10-12-23(13-11-22)24-14-15-26(25(29)18-24)33-19-30-27(31)16-17-28(30)32/h10-18,20-21H,2-9,19H2,1H3. The smallest absolute Gasteiger partial charge is 0.256 e. The van der Waals surface area contributed by atoms with Crippen LogP contribution >= 0.6 is 0 Å². The number of amides is 2. The van der Waals surface area contributed by atoms with Crippen LogP contribution in [0.15, 0.2) is 54.6 Å². The molecule has 1 heterocycles. The van der Waals surface area contributed by atoms with Gasteiger partial charge in [0, 0.05) is 12.2 Å². The summed E-state index contributed by atoms with van der Waals surface area (Å²) in [5.41, 5.74) is 3.09. The number of hydrogen-bond acceptors (Lipinski definition) is 3. The molecular weight excluding hydrogens is 417 g/mol. The molecule has 1 aliphatic carbocycles. The topological polar surface area (TPSA) is 46.6 Å². The zero-order chi connectivity index (χ0) is 23.2. The summed E-state index contributed by atoms with van der Waals surface area (Å²) in [4.78, 5) is 24.1. The lowest BCUT2D eigenvalue weighted by Gasteiger charge is -2.29. The van der Waals surface area contributed by atoms with Gasteiger partial charge in [0.2, 0.25) is 0 Å². The summed E-state index contributed by atoms with van der Waals surface area (Å²) in [6.45, 7) is 1.95. The second-order valence-corrected chi connectivity index (χ2v) is 9.19. The molecule has 174 valence electrons. The van der Waals surface area contributed by atoms with Gasteiger partial charge in [0.05, 0.1) is 0 Å². The average Bonchev–Trinajstić information content (AvgIpc) is 3.16. The summed E-state index contributed by atoms with van der Waals surface area (Å²) in [5, 5.41) is 0. The quantitative estimate of drug-likeness (QED) is 0.320. The molecule has 2 aliphatic rings. The molecule has 2 amide bonds. The molecule has 0 saturated heterocycles. The second kappa shape index (κ2) is 10.8. The fourth-order valence-electron chi connectivity index (χ4n) is 4.91. The third-order valence-corrected chi connectivity index (χ3v) is 6.96. The van der Waals surface area contributed by atoms with Crippen LogP contribution in [0.5, 0.6) is 5.75 Å². The average molecular weight is 450 g/mol. The van der Waals surface area contributed by atoms with Gasteiger partial charge < -0.3 is 4.74 Å². The first kappa shape index (κ1) is 23.2. The molecule has 0 atom stereocenters. The molecule has 1 fully saturated rings. The first-order chi connectivity index (χ1) is 16.0.